The Hall–Kier alpha value is -5.02. The first kappa shape index (κ1) is 39.8. The van der Waals surface area contributed by atoms with Gasteiger partial charge in [-0.2, -0.15) is 0 Å². The van der Waals surface area contributed by atoms with Crippen LogP contribution in [-0.4, -0.2) is 85.1 Å². The SMILES string of the molecule is COC(Cc1ccc2ccnc(OC(=O)C(=O)Oc3nccc4ccc(CC(OC)(OC)C(=O)OC(C)(C)C)cc34)c2c1)(OC)C(=O)OC(C)(C)C. The third kappa shape index (κ3) is 9.25. The third-order valence-corrected chi connectivity index (χ3v) is 7.75. The first-order valence-corrected chi connectivity index (χ1v) is 16.2. The molecule has 2 heterocycles. The molecule has 0 saturated heterocycles. The molecule has 0 spiro atoms. The summed E-state index contributed by atoms with van der Waals surface area (Å²) in [7, 11) is 5.32. The van der Waals surface area contributed by atoms with Crippen molar-refractivity contribution in [1.82, 2.24) is 9.97 Å². The highest BCUT2D eigenvalue weighted by Gasteiger charge is 2.44. The number of fused-ring (bicyclic) bond motifs is 2. The first-order valence-electron chi connectivity index (χ1n) is 16.2. The van der Waals surface area contributed by atoms with E-state index in [1.54, 1.807) is 90.1 Å². The second-order valence-corrected chi connectivity index (χ2v) is 13.8. The van der Waals surface area contributed by atoms with Gasteiger partial charge in [0.15, 0.2) is 0 Å². The minimum absolute atomic E-state index is 0.0580. The largest absolute Gasteiger partial charge is 0.456 e. The number of aromatic nitrogens is 2. The molecule has 0 aliphatic carbocycles. The van der Waals surface area contributed by atoms with Gasteiger partial charge < -0.3 is 37.9 Å². The number of nitrogens with zero attached hydrogens (tertiary/aromatic N) is 2. The molecule has 0 aliphatic rings. The van der Waals surface area contributed by atoms with E-state index in [1.165, 1.54) is 40.8 Å². The highest BCUT2D eigenvalue weighted by molar-refractivity contribution is 6.31. The monoisotopic (exact) mass is 720 g/mol. The minimum Gasteiger partial charge on any atom is -0.456 e. The van der Waals surface area contributed by atoms with Crippen molar-refractivity contribution in [1.29, 1.82) is 0 Å². The second kappa shape index (κ2) is 15.7. The molecule has 2 aromatic carbocycles. The Bertz CT molecular complexity index is 1810. The van der Waals surface area contributed by atoms with Crippen molar-refractivity contribution >= 4 is 45.4 Å². The maximum Gasteiger partial charge on any atom is 0.424 e. The molecule has 4 aromatic rings. The fraction of sp³-hybridized carbons (Fsp3) is 0.421. The molecule has 0 bridgehead atoms. The molecule has 0 fully saturated rings. The molecule has 52 heavy (non-hydrogen) atoms. The summed E-state index contributed by atoms with van der Waals surface area (Å²) in [5, 5.41) is 1.99. The number of esters is 4. The first-order chi connectivity index (χ1) is 24.4. The molecule has 4 rings (SSSR count). The number of methoxy groups -OCH3 is 4. The lowest BCUT2D eigenvalue weighted by atomic mass is 10.0. The Kier molecular flexibility index (Phi) is 12.0. The van der Waals surface area contributed by atoms with E-state index in [9.17, 15) is 19.2 Å². The lowest BCUT2D eigenvalue weighted by Crippen LogP contribution is -2.48. The fourth-order valence-electron chi connectivity index (χ4n) is 5.20. The molecule has 0 saturated carbocycles. The number of pyridine rings is 2. The zero-order valence-corrected chi connectivity index (χ0v) is 31.0. The van der Waals surface area contributed by atoms with Crippen molar-refractivity contribution in [3.8, 4) is 11.8 Å². The van der Waals surface area contributed by atoms with Crippen molar-refractivity contribution < 1.29 is 57.1 Å². The number of hydrogen-bond acceptors (Lipinski definition) is 14. The van der Waals surface area contributed by atoms with Crippen LogP contribution >= 0.6 is 0 Å². The van der Waals surface area contributed by atoms with Crippen LogP contribution in [0.1, 0.15) is 52.7 Å². The summed E-state index contributed by atoms with van der Waals surface area (Å²) < 4.78 is 43.9. The van der Waals surface area contributed by atoms with Crippen LogP contribution in [0.2, 0.25) is 0 Å². The van der Waals surface area contributed by atoms with Gasteiger partial charge >= 0.3 is 23.9 Å². The van der Waals surface area contributed by atoms with Crippen LogP contribution in [0.15, 0.2) is 60.9 Å². The standard InChI is InChI=1S/C38H44N2O12/c1-35(2,3)51-33(43)37(45-7,46-8)21-23-11-13-25-15-17-39-29(27(25)19-23)49-31(41)32(42)50-30-28-20-24(12-14-26(28)16-18-40-30)22-38(47-9,48-10)34(44)52-36(4,5)6/h11-20H,21-22H2,1-10H3. The van der Waals surface area contributed by atoms with E-state index in [-0.39, 0.29) is 24.6 Å². The zero-order valence-electron chi connectivity index (χ0n) is 31.0. The number of carbonyl (C=O) groups is 4. The summed E-state index contributed by atoms with van der Waals surface area (Å²) in [6, 6.07) is 13.6. The number of ether oxygens (including phenoxy) is 8. The second-order valence-electron chi connectivity index (χ2n) is 13.8. The molecule has 278 valence electrons. The van der Waals surface area contributed by atoms with E-state index in [1.807, 2.05) is 0 Å². The van der Waals surface area contributed by atoms with Gasteiger partial charge in [-0.05, 0) is 87.7 Å². The van der Waals surface area contributed by atoms with Gasteiger partial charge in [-0.3, -0.25) is 0 Å². The van der Waals surface area contributed by atoms with Crippen LogP contribution in [0.4, 0.5) is 0 Å². The van der Waals surface area contributed by atoms with E-state index in [0.717, 1.165) is 0 Å². The number of carbonyl (C=O) groups excluding carboxylic acids is 4. The van der Waals surface area contributed by atoms with E-state index in [0.29, 0.717) is 32.7 Å². The van der Waals surface area contributed by atoms with Gasteiger partial charge in [0, 0.05) is 64.4 Å². The molecule has 14 nitrogen and oxygen atoms in total. The van der Waals surface area contributed by atoms with Crippen LogP contribution in [0.25, 0.3) is 21.5 Å². The van der Waals surface area contributed by atoms with Crippen molar-refractivity contribution in [3.05, 3.63) is 72.1 Å². The van der Waals surface area contributed by atoms with Crippen LogP contribution in [0.3, 0.4) is 0 Å². The normalized spacial score (nSPS) is 12.4. The van der Waals surface area contributed by atoms with Gasteiger partial charge in [-0.25, -0.2) is 29.1 Å². The molecule has 0 unspecified atom stereocenters. The third-order valence-electron chi connectivity index (χ3n) is 7.75. The highest BCUT2D eigenvalue weighted by atomic mass is 16.7. The zero-order chi connectivity index (χ0) is 38.5. The summed E-state index contributed by atoms with van der Waals surface area (Å²) in [6.07, 6.45) is 2.71. The summed E-state index contributed by atoms with van der Waals surface area (Å²) in [5.41, 5.74) is -0.478. The molecule has 0 atom stereocenters. The van der Waals surface area contributed by atoms with Crippen LogP contribution in [0.5, 0.6) is 11.8 Å². The highest BCUT2D eigenvalue weighted by Crippen LogP contribution is 2.31. The average Bonchev–Trinajstić information content (AvgIpc) is 3.08. The van der Waals surface area contributed by atoms with E-state index < -0.39 is 46.7 Å². The van der Waals surface area contributed by atoms with E-state index >= 15 is 0 Å². The maximum atomic E-state index is 13.1. The van der Waals surface area contributed by atoms with Gasteiger partial charge in [0.1, 0.15) is 11.2 Å². The molecule has 0 aliphatic heterocycles. The Labute approximate surface area is 301 Å². The molecule has 0 amide bonds. The number of hydrogen-bond donors (Lipinski definition) is 0. The van der Waals surface area contributed by atoms with Crippen LogP contribution in [0, 0.1) is 0 Å². The van der Waals surface area contributed by atoms with E-state index in [2.05, 4.69) is 9.97 Å². The Morgan fingerprint density at radius 1 is 0.538 bits per heavy atom. The molecular weight excluding hydrogens is 676 g/mol. The van der Waals surface area contributed by atoms with Gasteiger partial charge in [-0.15, -0.1) is 0 Å². The molecule has 0 N–H and O–H groups in total. The topological polar surface area (TPSA) is 168 Å². The Morgan fingerprint density at radius 2 is 0.885 bits per heavy atom. The Balaban J connectivity index is 1.58. The fourth-order valence-corrected chi connectivity index (χ4v) is 5.20. The number of benzene rings is 2. The minimum atomic E-state index is -1.76. The molecule has 14 heteroatoms. The summed E-state index contributed by atoms with van der Waals surface area (Å²) in [4.78, 5) is 60.7. The average molecular weight is 721 g/mol. The number of rotatable bonds is 12. The van der Waals surface area contributed by atoms with Gasteiger partial charge in [0.2, 0.25) is 11.8 Å². The lowest BCUT2D eigenvalue weighted by molar-refractivity contribution is -0.237. The van der Waals surface area contributed by atoms with Crippen molar-refractivity contribution in [2.45, 2.75) is 77.2 Å². The van der Waals surface area contributed by atoms with Crippen LogP contribution in [-0.2, 0) is 60.4 Å². The lowest BCUT2D eigenvalue weighted by Gasteiger charge is -2.32. The summed E-state index contributed by atoms with van der Waals surface area (Å²) >= 11 is 0. The van der Waals surface area contributed by atoms with Crippen molar-refractivity contribution in [3.63, 3.8) is 0 Å². The summed E-state index contributed by atoms with van der Waals surface area (Å²) in [6.45, 7) is 10.4. The van der Waals surface area contributed by atoms with E-state index in [4.69, 9.17) is 37.9 Å². The predicted molar refractivity (Wildman–Crippen MR) is 187 cm³/mol. The predicted octanol–water partition coefficient (Wildman–Crippen LogP) is 5.04. The molecular formula is C38H44N2O12. The maximum absolute atomic E-state index is 13.1. The van der Waals surface area contributed by atoms with Gasteiger partial charge in [0.25, 0.3) is 11.6 Å². The quantitative estimate of drug-likeness (QED) is 0.108. The molecule has 0 radical (unpaired) electrons. The van der Waals surface area contributed by atoms with Gasteiger partial charge in [-0.1, -0.05) is 24.3 Å². The summed E-state index contributed by atoms with van der Waals surface area (Å²) in [5.74, 6) is -8.05. The van der Waals surface area contributed by atoms with Crippen LogP contribution < -0.4 is 9.47 Å². The van der Waals surface area contributed by atoms with Crippen molar-refractivity contribution in [2.24, 2.45) is 0 Å². The smallest absolute Gasteiger partial charge is 0.424 e. The van der Waals surface area contributed by atoms with Crippen molar-refractivity contribution in [2.75, 3.05) is 28.4 Å². The molecule has 2 aromatic heterocycles. The van der Waals surface area contributed by atoms with Gasteiger partial charge in [0.05, 0.1) is 0 Å². The Morgan fingerprint density at radius 3 is 1.19 bits per heavy atom.